The molecular formula is C18H21N3. The summed E-state index contributed by atoms with van der Waals surface area (Å²) in [5.74, 6) is 0.776. The van der Waals surface area contributed by atoms with E-state index in [9.17, 15) is 0 Å². The third-order valence-corrected chi connectivity index (χ3v) is 4.11. The molecule has 3 aromatic rings. The van der Waals surface area contributed by atoms with Gasteiger partial charge >= 0.3 is 0 Å². The highest BCUT2D eigenvalue weighted by molar-refractivity contribution is 5.88. The fraction of sp³-hybridized carbons (Fsp3) is 0.278. The second-order valence-electron chi connectivity index (χ2n) is 5.92. The zero-order chi connectivity index (χ0) is 15.3. The van der Waals surface area contributed by atoms with Crippen LogP contribution in [0.2, 0.25) is 0 Å². The number of hydrogen-bond donors (Lipinski definition) is 1. The van der Waals surface area contributed by atoms with Gasteiger partial charge in [0.15, 0.2) is 0 Å². The van der Waals surface area contributed by atoms with Gasteiger partial charge in [0.1, 0.15) is 11.5 Å². The molecule has 0 atom stereocenters. The third-order valence-electron chi connectivity index (χ3n) is 4.11. The third kappa shape index (κ3) is 2.00. The van der Waals surface area contributed by atoms with Crippen molar-refractivity contribution in [1.29, 1.82) is 0 Å². The average molecular weight is 279 g/mol. The predicted molar refractivity (Wildman–Crippen MR) is 89.2 cm³/mol. The lowest BCUT2D eigenvalue weighted by Gasteiger charge is -2.15. The maximum Gasteiger partial charge on any atom is 0.146 e. The van der Waals surface area contributed by atoms with Crippen molar-refractivity contribution in [2.75, 3.05) is 5.73 Å². The molecule has 0 saturated heterocycles. The van der Waals surface area contributed by atoms with E-state index < -0.39 is 0 Å². The van der Waals surface area contributed by atoms with Crippen molar-refractivity contribution in [3.05, 3.63) is 52.2 Å². The molecule has 21 heavy (non-hydrogen) atoms. The molecule has 3 heteroatoms. The van der Waals surface area contributed by atoms with Gasteiger partial charge in [0.05, 0.1) is 5.69 Å². The molecule has 1 aromatic carbocycles. The summed E-state index contributed by atoms with van der Waals surface area (Å²) in [5.41, 5.74) is 14.3. The molecule has 0 aliphatic heterocycles. The van der Waals surface area contributed by atoms with Crippen molar-refractivity contribution in [3.8, 4) is 5.69 Å². The van der Waals surface area contributed by atoms with Gasteiger partial charge in [0.25, 0.3) is 0 Å². The van der Waals surface area contributed by atoms with Gasteiger partial charge in [-0.2, -0.15) is 0 Å². The zero-order valence-electron chi connectivity index (χ0n) is 13.3. The first kappa shape index (κ1) is 13.7. The molecule has 0 saturated carbocycles. The van der Waals surface area contributed by atoms with Crippen LogP contribution in [0.1, 0.15) is 27.9 Å². The smallest absolute Gasteiger partial charge is 0.146 e. The van der Waals surface area contributed by atoms with Crippen LogP contribution in [0.15, 0.2) is 24.3 Å². The monoisotopic (exact) mass is 279 g/mol. The Labute approximate surface area is 125 Å². The summed E-state index contributed by atoms with van der Waals surface area (Å²) < 4.78 is 2.10. The number of hydrogen-bond acceptors (Lipinski definition) is 2. The van der Waals surface area contributed by atoms with Crippen molar-refractivity contribution < 1.29 is 0 Å². The minimum atomic E-state index is 0.776. The molecule has 0 bridgehead atoms. The lowest BCUT2D eigenvalue weighted by atomic mass is 10.0. The topological polar surface area (TPSA) is 43.8 Å². The molecule has 0 radical (unpaired) electrons. The van der Waals surface area contributed by atoms with Gasteiger partial charge < -0.3 is 5.73 Å². The first-order valence-corrected chi connectivity index (χ1v) is 7.22. The molecule has 0 aliphatic carbocycles. The number of aryl methyl sites for hydroxylation is 5. The Morgan fingerprint density at radius 2 is 1.57 bits per heavy atom. The van der Waals surface area contributed by atoms with E-state index in [-0.39, 0.29) is 0 Å². The van der Waals surface area contributed by atoms with Gasteiger partial charge in [-0.15, -0.1) is 0 Å². The molecule has 2 heterocycles. The molecule has 3 nitrogen and oxygen atoms in total. The van der Waals surface area contributed by atoms with Crippen LogP contribution in [-0.4, -0.2) is 9.55 Å². The van der Waals surface area contributed by atoms with E-state index in [2.05, 4.69) is 50.5 Å². The molecule has 2 N–H and O–H groups in total. The zero-order valence-corrected chi connectivity index (χ0v) is 13.3. The largest absolute Gasteiger partial charge is 0.385 e. The maximum atomic E-state index is 6.40. The van der Waals surface area contributed by atoms with Crippen LogP contribution in [0.25, 0.3) is 16.7 Å². The molecule has 3 rings (SSSR count). The highest BCUT2D eigenvalue weighted by Crippen LogP contribution is 2.33. The fourth-order valence-electron chi connectivity index (χ4n) is 3.18. The number of nitrogens with two attached hydrogens (primary N) is 1. The van der Waals surface area contributed by atoms with Crippen molar-refractivity contribution in [1.82, 2.24) is 9.55 Å². The van der Waals surface area contributed by atoms with Gasteiger partial charge in [-0.25, -0.2) is 4.98 Å². The van der Waals surface area contributed by atoms with Gasteiger partial charge in [-0.05, 0) is 57.9 Å². The van der Waals surface area contributed by atoms with E-state index in [1.165, 1.54) is 16.7 Å². The Kier molecular flexibility index (Phi) is 3.01. The van der Waals surface area contributed by atoms with E-state index >= 15 is 0 Å². The minimum Gasteiger partial charge on any atom is -0.385 e. The van der Waals surface area contributed by atoms with E-state index in [0.29, 0.717) is 0 Å². The molecule has 108 valence electrons. The van der Waals surface area contributed by atoms with Crippen LogP contribution in [-0.2, 0) is 0 Å². The van der Waals surface area contributed by atoms with Crippen LogP contribution in [0.3, 0.4) is 0 Å². The number of nitrogen functional groups attached to an aromatic ring is 1. The van der Waals surface area contributed by atoms with Crippen LogP contribution in [0.5, 0.6) is 0 Å². The number of aromatic nitrogens is 2. The first-order chi connectivity index (χ1) is 9.90. The number of anilines is 1. The fourth-order valence-corrected chi connectivity index (χ4v) is 3.18. The quantitative estimate of drug-likeness (QED) is 0.727. The second kappa shape index (κ2) is 4.62. The Balaban J connectivity index is 2.46. The Morgan fingerprint density at radius 3 is 2.19 bits per heavy atom. The van der Waals surface area contributed by atoms with Gasteiger partial charge in [-0.3, -0.25) is 4.57 Å². The highest BCUT2D eigenvalue weighted by Gasteiger charge is 2.17. The van der Waals surface area contributed by atoms with E-state index in [0.717, 1.165) is 33.8 Å². The summed E-state index contributed by atoms with van der Waals surface area (Å²) in [4.78, 5) is 4.72. The lowest BCUT2D eigenvalue weighted by molar-refractivity contribution is 1.05. The second-order valence-corrected chi connectivity index (χ2v) is 5.92. The Hall–Kier alpha value is -2.29. The summed E-state index contributed by atoms with van der Waals surface area (Å²) >= 11 is 0. The standard InChI is InChI=1S/C18H21N3/c1-10-8-11(2)16(12(3)9-10)21-17(19)14(5)15-7-6-13(4)20-18(15)21/h6-9H,19H2,1-5H3. The van der Waals surface area contributed by atoms with E-state index in [1.807, 2.05) is 13.0 Å². The molecular weight excluding hydrogens is 258 g/mol. The number of nitrogens with zero attached hydrogens (tertiary/aromatic N) is 2. The van der Waals surface area contributed by atoms with Gasteiger partial charge in [0.2, 0.25) is 0 Å². The van der Waals surface area contributed by atoms with E-state index in [1.54, 1.807) is 0 Å². The van der Waals surface area contributed by atoms with Crippen molar-refractivity contribution in [3.63, 3.8) is 0 Å². The van der Waals surface area contributed by atoms with Crippen molar-refractivity contribution >= 4 is 16.9 Å². The van der Waals surface area contributed by atoms with Gasteiger partial charge in [0, 0.05) is 16.6 Å². The van der Waals surface area contributed by atoms with Crippen molar-refractivity contribution in [2.24, 2.45) is 0 Å². The van der Waals surface area contributed by atoms with Crippen LogP contribution in [0.4, 0.5) is 5.82 Å². The van der Waals surface area contributed by atoms with Crippen LogP contribution >= 0.6 is 0 Å². The molecule has 0 unspecified atom stereocenters. The minimum absolute atomic E-state index is 0.776. The first-order valence-electron chi connectivity index (χ1n) is 7.22. The number of fused-ring (bicyclic) bond motifs is 1. The summed E-state index contributed by atoms with van der Waals surface area (Å²) in [6, 6.07) is 8.53. The number of pyridine rings is 1. The number of benzene rings is 1. The summed E-state index contributed by atoms with van der Waals surface area (Å²) in [5, 5.41) is 1.12. The van der Waals surface area contributed by atoms with Crippen LogP contribution in [0, 0.1) is 34.6 Å². The Bertz CT molecular complexity index is 834. The van der Waals surface area contributed by atoms with E-state index in [4.69, 9.17) is 10.7 Å². The van der Waals surface area contributed by atoms with Gasteiger partial charge in [-0.1, -0.05) is 17.7 Å². The maximum absolute atomic E-state index is 6.40. The Morgan fingerprint density at radius 1 is 0.952 bits per heavy atom. The predicted octanol–water partition coefficient (Wildman–Crippen LogP) is 4.15. The SMILES string of the molecule is Cc1cc(C)c(-n2c(N)c(C)c3ccc(C)nc32)c(C)c1. The molecule has 0 amide bonds. The van der Waals surface area contributed by atoms with Crippen molar-refractivity contribution in [2.45, 2.75) is 34.6 Å². The lowest BCUT2D eigenvalue weighted by Crippen LogP contribution is -2.06. The molecule has 0 fully saturated rings. The summed E-state index contributed by atoms with van der Waals surface area (Å²) in [6.45, 7) is 10.5. The van der Waals surface area contributed by atoms with Crippen LogP contribution < -0.4 is 5.73 Å². The normalized spacial score (nSPS) is 11.3. The summed E-state index contributed by atoms with van der Waals surface area (Å²) in [6.07, 6.45) is 0. The molecule has 2 aromatic heterocycles. The summed E-state index contributed by atoms with van der Waals surface area (Å²) in [7, 11) is 0. The molecule has 0 aliphatic rings. The number of rotatable bonds is 1. The average Bonchev–Trinajstić information content (AvgIpc) is 2.62. The molecule has 0 spiro atoms. The highest BCUT2D eigenvalue weighted by atomic mass is 15.1.